The largest absolute Gasteiger partial charge is 0.497 e. The summed E-state index contributed by atoms with van der Waals surface area (Å²) in [6.45, 7) is 0.304. The molecule has 0 aliphatic heterocycles. The number of halogens is 1. The molecule has 1 unspecified atom stereocenters. The molecule has 1 aromatic heterocycles. The van der Waals surface area contributed by atoms with Crippen LogP contribution in [0.1, 0.15) is 41.2 Å². The van der Waals surface area contributed by atoms with Gasteiger partial charge in [0.2, 0.25) is 0 Å². The Morgan fingerprint density at radius 1 is 1.05 bits per heavy atom. The average Bonchev–Trinajstić information content (AvgIpc) is 3.66. The second kappa shape index (κ2) is 11.1. The second-order valence-electron chi connectivity index (χ2n) is 9.40. The van der Waals surface area contributed by atoms with Crippen LogP contribution in [0.3, 0.4) is 0 Å². The molecule has 1 heterocycles. The Bertz CT molecular complexity index is 1520. The van der Waals surface area contributed by atoms with Gasteiger partial charge in [-0.25, -0.2) is 4.39 Å². The van der Waals surface area contributed by atoms with Crippen LogP contribution in [0.2, 0.25) is 0 Å². The van der Waals surface area contributed by atoms with Gasteiger partial charge in [-0.15, -0.1) is 11.3 Å². The fourth-order valence-corrected chi connectivity index (χ4v) is 5.59. The molecule has 1 atom stereocenters. The molecule has 1 N–H and O–H groups in total. The smallest absolute Gasteiger partial charge is 0.303 e. The van der Waals surface area contributed by atoms with Crippen molar-refractivity contribution < 1.29 is 23.8 Å². The van der Waals surface area contributed by atoms with E-state index < -0.39 is 5.97 Å². The van der Waals surface area contributed by atoms with E-state index in [2.05, 4.69) is 6.07 Å². The van der Waals surface area contributed by atoms with Crippen molar-refractivity contribution in [2.24, 2.45) is 5.92 Å². The molecule has 1 fully saturated rings. The third kappa shape index (κ3) is 5.71. The van der Waals surface area contributed by atoms with E-state index in [9.17, 15) is 19.6 Å². The van der Waals surface area contributed by atoms with Crippen LogP contribution in [-0.2, 0) is 11.4 Å². The molecule has 0 amide bonds. The lowest BCUT2D eigenvalue weighted by Gasteiger charge is -2.16. The number of rotatable bonds is 10. The van der Waals surface area contributed by atoms with Gasteiger partial charge in [-0.1, -0.05) is 24.3 Å². The minimum Gasteiger partial charge on any atom is -0.497 e. The van der Waals surface area contributed by atoms with Crippen LogP contribution in [0, 0.1) is 23.1 Å². The van der Waals surface area contributed by atoms with Crippen molar-refractivity contribution in [1.82, 2.24) is 0 Å². The number of carboxylic acid groups (broad SMARTS) is 1. The predicted molar refractivity (Wildman–Crippen MR) is 145 cm³/mol. The van der Waals surface area contributed by atoms with Gasteiger partial charge in [0.25, 0.3) is 0 Å². The van der Waals surface area contributed by atoms with E-state index >= 15 is 0 Å². The van der Waals surface area contributed by atoms with Crippen molar-refractivity contribution in [3.05, 3.63) is 94.6 Å². The Morgan fingerprint density at radius 3 is 2.55 bits per heavy atom. The van der Waals surface area contributed by atoms with Crippen molar-refractivity contribution in [1.29, 1.82) is 5.26 Å². The molecule has 1 aliphatic rings. The fourth-order valence-electron chi connectivity index (χ4n) is 4.76. The lowest BCUT2D eigenvalue weighted by atomic mass is 9.90. The topological polar surface area (TPSA) is 79.6 Å². The van der Waals surface area contributed by atoms with Crippen molar-refractivity contribution in [3.63, 3.8) is 0 Å². The number of carboxylic acids is 1. The first-order valence-electron chi connectivity index (χ1n) is 12.4. The van der Waals surface area contributed by atoms with Crippen molar-refractivity contribution in [2.45, 2.75) is 31.8 Å². The summed E-state index contributed by atoms with van der Waals surface area (Å²) in [6.07, 6.45) is 2.27. The molecule has 0 radical (unpaired) electrons. The summed E-state index contributed by atoms with van der Waals surface area (Å²) < 4.78 is 26.4. The molecule has 1 aliphatic carbocycles. The van der Waals surface area contributed by atoms with Gasteiger partial charge in [0, 0.05) is 16.0 Å². The molecule has 0 bridgehead atoms. The van der Waals surface area contributed by atoms with Crippen LogP contribution < -0.4 is 9.47 Å². The molecule has 1 saturated carbocycles. The maximum Gasteiger partial charge on any atom is 0.303 e. The van der Waals surface area contributed by atoms with Gasteiger partial charge in [0.05, 0.1) is 13.5 Å². The Kier molecular flexibility index (Phi) is 7.43. The van der Waals surface area contributed by atoms with Crippen LogP contribution in [0.25, 0.3) is 21.6 Å². The fraction of sp³-hybridized carbons (Fsp3) is 0.226. The highest BCUT2D eigenvalue weighted by atomic mass is 32.1. The zero-order chi connectivity index (χ0) is 26.6. The Labute approximate surface area is 224 Å². The molecule has 5 nitrogen and oxygen atoms in total. The number of ether oxygens (including phenoxy) is 2. The minimum absolute atomic E-state index is 0.0178. The average molecular weight is 528 g/mol. The maximum absolute atomic E-state index is 14.9. The molecule has 5 rings (SSSR count). The molecule has 192 valence electrons. The van der Waals surface area contributed by atoms with Crippen LogP contribution >= 0.6 is 11.3 Å². The summed E-state index contributed by atoms with van der Waals surface area (Å²) in [5, 5.41) is 18.7. The number of nitriles is 1. The highest BCUT2D eigenvalue weighted by Crippen LogP contribution is 2.45. The van der Waals surface area contributed by atoms with Gasteiger partial charge in [0.15, 0.2) is 0 Å². The van der Waals surface area contributed by atoms with Gasteiger partial charge in [-0.3, -0.25) is 4.79 Å². The summed E-state index contributed by atoms with van der Waals surface area (Å²) in [5.41, 5.74) is 3.80. The summed E-state index contributed by atoms with van der Waals surface area (Å²) >= 11 is 1.33. The highest BCUT2D eigenvalue weighted by Gasteiger charge is 2.33. The number of carbonyl (C=O) groups is 1. The first kappa shape index (κ1) is 25.5. The molecular weight excluding hydrogens is 501 g/mol. The molecule has 4 aromatic rings. The summed E-state index contributed by atoms with van der Waals surface area (Å²) in [5.74, 6) is 0.443. The third-order valence-electron chi connectivity index (χ3n) is 6.81. The van der Waals surface area contributed by atoms with Gasteiger partial charge in [0.1, 0.15) is 34.9 Å². The standard InChI is InChI=1S/C31H26FNO4S/c1-36-22-8-11-29(32)27(14-22)25-10-7-23(15-28(25)30-12-9-24(17-33)38-30)37-18-19-3-2-4-21(13-19)26(16-31(34)35)20-5-6-20/h2-4,7-15,20,26H,5-6,16,18H2,1H3,(H,34,35). The van der Waals surface area contributed by atoms with Gasteiger partial charge in [-0.2, -0.15) is 5.26 Å². The predicted octanol–water partition coefficient (Wildman–Crippen LogP) is 7.65. The molecule has 0 saturated heterocycles. The van der Waals surface area contributed by atoms with Crippen LogP contribution in [0.5, 0.6) is 11.5 Å². The van der Waals surface area contributed by atoms with E-state index in [1.807, 2.05) is 42.5 Å². The lowest BCUT2D eigenvalue weighted by molar-refractivity contribution is -0.137. The summed E-state index contributed by atoms with van der Waals surface area (Å²) in [4.78, 5) is 12.8. The van der Waals surface area contributed by atoms with Crippen LogP contribution in [0.15, 0.2) is 72.8 Å². The SMILES string of the molecule is COc1ccc(F)c(-c2ccc(OCc3cccc(C(CC(=O)O)C4CC4)c3)cc2-c2ccc(C#N)s2)c1. The molecular formula is C31H26FNO4S. The first-order valence-corrected chi connectivity index (χ1v) is 13.2. The van der Waals surface area contributed by atoms with Crippen LogP contribution in [-0.4, -0.2) is 18.2 Å². The second-order valence-corrected chi connectivity index (χ2v) is 10.5. The maximum atomic E-state index is 14.9. The number of thiophene rings is 1. The van der Waals surface area contributed by atoms with E-state index in [0.29, 0.717) is 40.0 Å². The van der Waals surface area contributed by atoms with Crippen molar-refractivity contribution in [3.8, 4) is 39.1 Å². The summed E-state index contributed by atoms with van der Waals surface area (Å²) in [7, 11) is 1.54. The number of nitrogens with zero attached hydrogens (tertiary/aromatic N) is 1. The van der Waals surface area contributed by atoms with Crippen LogP contribution in [0.4, 0.5) is 4.39 Å². The van der Waals surface area contributed by atoms with Gasteiger partial charge < -0.3 is 14.6 Å². The number of methoxy groups -OCH3 is 1. The monoisotopic (exact) mass is 527 g/mol. The zero-order valence-corrected chi connectivity index (χ0v) is 21.6. The third-order valence-corrected chi connectivity index (χ3v) is 7.83. The van der Waals surface area contributed by atoms with E-state index in [4.69, 9.17) is 9.47 Å². The number of aliphatic carboxylic acids is 1. The van der Waals surface area contributed by atoms with Gasteiger partial charge >= 0.3 is 5.97 Å². The van der Waals surface area contributed by atoms with Gasteiger partial charge in [-0.05, 0) is 89.9 Å². The number of benzene rings is 3. The Hall–Kier alpha value is -4.15. The summed E-state index contributed by atoms with van der Waals surface area (Å²) in [6, 6.07) is 23.8. The molecule has 38 heavy (non-hydrogen) atoms. The molecule has 7 heteroatoms. The highest BCUT2D eigenvalue weighted by molar-refractivity contribution is 7.16. The zero-order valence-electron chi connectivity index (χ0n) is 20.8. The molecule has 3 aromatic carbocycles. The van der Waals surface area contributed by atoms with E-state index in [0.717, 1.165) is 34.4 Å². The van der Waals surface area contributed by atoms with E-state index in [1.165, 1.54) is 24.5 Å². The molecule has 0 spiro atoms. The van der Waals surface area contributed by atoms with E-state index in [1.54, 1.807) is 24.3 Å². The number of hydrogen-bond acceptors (Lipinski definition) is 5. The van der Waals surface area contributed by atoms with Crippen molar-refractivity contribution in [2.75, 3.05) is 7.11 Å². The number of hydrogen-bond donors (Lipinski definition) is 1. The quantitative estimate of drug-likeness (QED) is 0.229. The Balaban J connectivity index is 1.44. The normalized spacial score (nSPS) is 13.5. The first-order chi connectivity index (χ1) is 18.4. The van der Waals surface area contributed by atoms with E-state index in [-0.39, 0.29) is 18.2 Å². The lowest BCUT2D eigenvalue weighted by Crippen LogP contribution is -2.09. The minimum atomic E-state index is -0.781. The van der Waals surface area contributed by atoms with Crippen molar-refractivity contribution >= 4 is 17.3 Å². The Morgan fingerprint density at radius 2 is 1.84 bits per heavy atom.